The van der Waals surface area contributed by atoms with Gasteiger partial charge in [-0.2, -0.15) is 0 Å². The van der Waals surface area contributed by atoms with Crippen LogP contribution in [0.4, 0.5) is 0 Å². The van der Waals surface area contributed by atoms with Crippen molar-refractivity contribution in [3.63, 3.8) is 0 Å². The van der Waals surface area contributed by atoms with Gasteiger partial charge in [-0.05, 0) is 38.2 Å². The molecule has 17 heavy (non-hydrogen) atoms. The van der Waals surface area contributed by atoms with Gasteiger partial charge >= 0.3 is 0 Å². The standard InChI is InChI=1S/C17H24/c1-4-6-10-16(8-5-2)12-13-17-11-7-9-15(3)14-17/h6-11,14H,4-5,12-13H2,1-3H3/b10-6-,16-8+. The van der Waals surface area contributed by atoms with Crippen LogP contribution in [-0.2, 0) is 6.42 Å². The average molecular weight is 228 g/mol. The van der Waals surface area contributed by atoms with Crippen LogP contribution in [0.15, 0.2) is 48.1 Å². The van der Waals surface area contributed by atoms with E-state index >= 15 is 0 Å². The van der Waals surface area contributed by atoms with Gasteiger partial charge in [-0.25, -0.2) is 0 Å². The molecule has 1 aromatic rings. The molecule has 1 aromatic carbocycles. The molecule has 0 N–H and O–H groups in total. The fraction of sp³-hybridized carbons (Fsp3) is 0.412. The molecule has 0 amide bonds. The lowest BCUT2D eigenvalue weighted by atomic mass is 10.0. The van der Waals surface area contributed by atoms with Crippen LogP contribution in [0.2, 0.25) is 0 Å². The lowest BCUT2D eigenvalue weighted by Crippen LogP contribution is -1.88. The zero-order valence-electron chi connectivity index (χ0n) is 11.4. The quantitative estimate of drug-likeness (QED) is 0.585. The number of rotatable bonds is 6. The molecule has 0 saturated heterocycles. The SMILES string of the molecule is CC/C=C\C(=C/CC)CCc1cccc(C)c1. The number of aryl methyl sites for hydroxylation is 2. The average Bonchev–Trinajstić information content (AvgIpc) is 2.33. The molecule has 0 aliphatic heterocycles. The van der Waals surface area contributed by atoms with Crippen molar-refractivity contribution in [2.24, 2.45) is 0 Å². The summed E-state index contributed by atoms with van der Waals surface area (Å²) in [5.41, 5.74) is 4.26. The predicted octanol–water partition coefficient (Wildman–Crippen LogP) is 5.23. The van der Waals surface area contributed by atoms with E-state index in [0.717, 1.165) is 25.7 Å². The van der Waals surface area contributed by atoms with Crippen molar-refractivity contribution in [1.82, 2.24) is 0 Å². The third-order valence-electron chi connectivity index (χ3n) is 2.82. The summed E-state index contributed by atoms with van der Waals surface area (Å²) in [6.07, 6.45) is 11.4. The smallest absolute Gasteiger partial charge is 0.0238 e. The lowest BCUT2D eigenvalue weighted by molar-refractivity contribution is 0.949. The van der Waals surface area contributed by atoms with Gasteiger partial charge in [0, 0.05) is 0 Å². The van der Waals surface area contributed by atoms with Crippen LogP contribution < -0.4 is 0 Å². The zero-order valence-corrected chi connectivity index (χ0v) is 11.4. The lowest BCUT2D eigenvalue weighted by Gasteiger charge is -2.04. The maximum Gasteiger partial charge on any atom is -0.0238 e. The second-order valence-corrected chi connectivity index (χ2v) is 4.49. The van der Waals surface area contributed by atoms with Crippen LogP contribution in [0.25, 0.3) is 0 Å². The Morgan fingerprint density at radius 2 is 2.00 bits per heavy atom. The molecule has 0 bridgehead atoms. The first kappa shape index (κ1) is 13.8. The van der Waals surface area contributed by atoms with Crippen molar-refractivity contribution in [2.75, 3.05) is 0 Å². The van der Waals surface area contributed by atoms with Crippen LogP contribution >= 0.6 is 0 Å². The van der Waals surface area contributed by atoms with E-state index in [1.54, 1.807) is 0 Å². The topological polar surface area (TPSA) is 0 Å². The third-order valence-corrected chi connectivity index (χ3v) is 2.82. The molecule has 0 aromatic heterocycles. The second-order valence-electron chi connectivity index (χ2n) is 4.49. The predicted molar refractivity (Wildman–Crippen MR) is 77.3 cm³/mol. The highest BCUT2D eigenvalue weighted by atomic mass is 14.0. The fourth-order valence-electron chi connectivity index (χ4n) is 1.94. The molecule has 0 aliphatic rings. The van der Waals surface area contributed by atoms with Crippen LogP contribution in [0.5, 0.6) is 0 Å². The van der Waals surface area contributed by atoms with Crippen LogP contribution in [-0.4, -0.2) is 0 Å². The minimum absolute atomic E-state index is 1.12. The van der Waals surface area contributed by atoms with Crippen molar-refractivity contribution in [2.45, 2.75) is 46.5 Å². The second kappa shape index (κ2) is 7.89. The van der Waals surface area contributed by atoms with Gasteiger partial charge in [0.2, 0.25) is 0 Å². The molecule has 0 fully saturated rings. The first-order valence-electron chi connectivity index (χ1n) is 6.67. The first-order chi connectivity index (χ1) is 8.26. The highest BCUT2D eigenvalue weighted by Gasteiger charge is 1.96. The number of allylic oxidation sites excluding steroid dienone is 4. The van der Waals surface area contributed by atoms with Gasteiger partial charge in [-0.15, -0.1) is 0 Å². The van der Waals surface area contributed by atoms with Gasteiger partial charge in [0.1, 0.15) is 0 Å². The van der Waals surface area contributed by atoms with E-state index in [0.29, 0.717) is 0 Å². The molecule has 0 atom stereocenters. The molecule has 0 spiro atoms. The van der Waals surface area contributed by atoms with Gasteiger partial charge in [0.25, 0.3) is 0 Å². The van der Waals surface area contributed by atoms with Crippen molar-refractivity contribution >= 4 is 0 Å². The third kappa shape index (κ3) is 5.53. The van der Waals surface area contributed by atoms with Crippen LogP contribution in [0, 0.1) is 6.92 Å². The first-order valence-corrected chi connectivity index (χ1v) is 6.67. The molecule has 0 saturated carbocycles. The maximum atomic E-state index is 2.34. The summed E-state index contributed by atoms with van der Waals surface area (Å²) < 4.78 is 0. The van der Waals surface area contributed by atoms with Crippen molar-refractivity contribution in [3.8, 4) is 0 Å². The summed E-state index contributed by atoms with van der Waals surface area (Å²) in [6, 6.07) is 8.81. The van der Waals surface area contributed by atoms with Gasteiger partial charge < -0.3 is 0 Å². The Kier molecular flexibility index (Phi) is 6.39. The summed E-state index contributed by atoms with van der Waals surface area (Å²) in [7, 11) is 0. The number of hydrogen-bond donors (Lipinski definition) is 0. The molecule has 0 unspecified atom stereocenters. The molecular formula is C17H24. The van der Waals surface area contributed by atoms with Crippen LogP contribution in [0.1, 0.15) is 44.2 Å². The van der Waals surface area contributed by atoms with Gasteiger partial charge in [0.15, 0.2) is 0 Å². The molecule has 0 radical (unpaired) electrons. The minimum atomic E-state index is 1.12. The zero-order chi connectivity index (χ0) is 12.5. The van der Waals surface area contributed by atoms with E-state index in [9.17, 15) is 0 Å². The normalized spacial score (nSPS) is 12.3. The van der Waals surface area contributed by atoms with E-state index in [1.807, 2.05) is 0 Å². The summed E-state index contributed by atoms with van der Waals surface area (Å²) in [5.74, 6) is 0. The van der Waals surface area contributed by atoms with Gasteiger partial charge in [-0.1, -0.05) is 67.5 Å². The monoisotopic (exact) mass is 228 g/mol. The Bertz CT molecular complexity index is 383. The molecular weight excluding hydrogens is 204 g/mol. The number of benzene rings is 1. The summed E-state index contributed by atoms with van der Waals surface area (Å²) >= 11 is 0. The summed E-state index contributed by atoms with van der Waals surface area (Å²) in [6.45, 7) is 6.54. The van der Waals surface area contributed by atoms with Gasteiger partial charge in [-0.3, -0.25) is 0 Å². The summed E-state index contributed by atoms with van der Waals surface area (Å²) in [5, 5.41) is 0. The number of hydrogen-bond acceptors (Lipinski definition) is 0. The van der Waals surface area contributed by atoms with Crippen molar-refractivity contribution in [3.05, 3.63) is 59.2 Å². The molecule has 0 aliphatic carbocycles. The summed E-state index contributed by atoms with van der Waals surface area (Å²) in [4.78, 5) is 0. The van der Waals surface area contributed by atoms with Crippen molar-refractivity contribution < 1.29 is 0 Å². The Hall–Kier alpha value is -1.30. The molecule has 1 rings (SSSR count). The highest BCUT2D eigenvalue weighted by molar-refractivity contribution is 5.25. The molecule has 92 valence electrons. The maximum absolute atomic E-state index is 2.34. The fourth-order valence-corrected chi connectivity index (χ4v) is 1.94. The van der Waals surface area contributed by atoms with E-state index in [-0.39, 0.29) is 0 Å². The van der Waals surface area contributed by atoms with Crippen molar-refractivity contribution in [1.29, 1.82) is 0 Å². The Labute approximate surface area is 106 Å². The Morgan fingerprint density at radius 1 is 1.18 bits per heavy atom. The minimum Gasteiger partial charge on any atom is -0.0845 e. The van der Waals surface area contributed by atoms with E-state index in [1.165, 1.54) is 16.7 Å². The molecule has 0 nitrogen and oxygen atoms in total. The molecule has 0 heteroatoms. The molecule has 0 heterocycles. The van der Waals surface area contributed by atoms with Gasteiger partial charge in [0.05, 0.1) is 0 Å². The largest absolute Gasteiger partial charge is 0.0845 e. The van der Waals surface area contributed by atoms with Crippen LogP contribution in [0.3, 0.4) is 0 Å². The Balaban J connectivity index is 2.58. The van der Waals surface area contributed by atoms with E-state index in [2.05, 4.69) is 63.3 Å². The Morgan fingerprint density at radius 3 is 2.65 bits per heavy atom. The van der Waals surface area contributed by atoms with E-state index in [4.69, 9.17) is 0 Å². The van der Waals surface area contributed by atoms with E-state index < -0.39 is 0 Å². The highest BCUT2D eigenvalue weighted by Crippen LogP contribution is 2.13.